The van der Waals surface area contributed by atoms with Crippen LogP contribution in [0.4, 0.5) is 11.8 Å². The minimum absolute atomic E-state index is 0.395. The zero-order chi connectivity index (χ0) is 13.8. The molecule has 0 aromatic carbocycles. The molecule has 0 amide bonds. The van der Waals surface area contributed by atoms with E-state index in [4.69, 9.17) is 11.6 Å². The summed E-state index contributed by atoms with van der Waals surface area (Å²) >= 11 is 6.28. The second kappa shape index (κ2) is 6.42. The Morgan fingerprint density at radius 2 is 2.21 bits per heavy atom. The first kappa shape index (κ1) is 14.4. The van der Waals surface area contributed by atoms with Crippen molar-refractivity contribution in [2.75, 3.05) is 23.3 Å². The molecule has 19 heavy (non-hydrogen) atoms. The van der Waals surface area contributed by atoms with Crippen molar-refractivity contribution in [3.05, 3.63) is 11.2 Å². The molecule has 0 saturated heterocycles. The van der Waals surface area contributed by atoms with Crippen LogP contribution in [0.5, 0.6) is 0 Å². The highest BCUT2D eigenvalue weighted by molar-refractivity contribution is 6.32. The van der Waals surface area contributed by atoms with Crippen LogP contribution < -0.4 is 10.2 Å². The monoisotopic (exact) mass is 282 g/mol. The molecular formula is C14H23ClN4. The van der Waals surface area contributed by atoms with Gasteiger partial charge in [-0.1, -0.05) is 18.5 Å². The Bertz CT molecular complexity index is 418. The fraction of sp³-hybridized carbons (Fsp3) is 0.714. The topological polar surface area (TPSA) is 41.1 Å². The SMILES string of the molecule is CCCNc1ncc(Cl)c(N(CC2CC2)C(C)C)n1. The van der Waals surface area contributed by atoms with Gasteiger partial charge in [0.25, 0.3) is 0 Å². The number of nitrogens with zero attached hydrogens (tertiary/aromatic N) is 3. The van der Waals surface area contributed by atoms with Crippen molar-refractivity contribution < 1.29 is 0 Å². The minimum Gasteiger partial charge on any atom is -0.354 e. The second-order valence-electron chi connectivity index (χ2n) is 5.48. The summed E-state index contributed by atoms with van der Waals surface area (Å²) in [6.07, 6.45) is 5.40. The van der Waals surface area contributed by atoms with E-state index in [1.54, 1.807) is 6.20 Å². The van der Waals surface area contributed by atoms with Gasteiger partial charge < -0.3 is 10.2 Å². The lowest BCUT2D eigenvalue weighted by molar-refractivity contribution is 0.636. The molecule has 1 aromatic heterocycles. The lowest BCUT2D eigenvalue weighted by Crippen LogP contribution is -2.34. The van der Waals surface area contributed by atoms with E-state index in [0.29, 0.717) is 17.0 Å². The molecule has 0 atom stereocenters. The van der Waals surface area contributed by atoms with Crippen LogP contribution in [0.25, 0.3) is 0 Å². The van der Waals surface area contributed by atoms with Gasteiger partial charge in [0.05, 0.1) is 6.20 Å². The van der Waals surface area contributed by atoms with Gasteiger partial charge in [-0.15, -0.1) is 0 Å². The quantitative estimate of drug-likeness (QED) is 0.830. The predicted molar refractivity (Wildman–Crippen MR) is 81.0 cm³/mol. The molecule has 106 valence electrons. The van der Waals surface area contributed by atoms with Gasteiger partial charge in [-0.25, -0.2) is 4.98 Å². The van der Waals surface area contributed by atoms with E-state index in [1.165, 1.54) is 12.8 Å². The fourth-order valence-corrected chi connectivity index (χ4v) is 2.20. The van der Waals surface area contributed by atoms with E-state index >= 15 is 0 Å². The molecule has 1 aliphatic carbocycles. The molecule has 1 saturated carbocycles. The molecule has 0 radical (unpaired) electrons. The van der Waals surface area contributed by atoms with Crippen molar-refractivity contribution in [2.45, 2.75) is 46.1 Å². The van der Waals surface area contributed by atoms with Crippen molar-refractivity contribution in [3.63, 3.8) is 0 Å². The van der Waals surface area contributed by atoms with Crippen molar-refractivity contribution in [1.29, 1.82) is 0 Å². The number of hydrogen-bond acceptors (Lipinski definition) is 4. The molecule has 1 aliphatic rings. The number of nitrogens with one attached hydrogen (secondary N) is 1. The van der Waals surface area contributed by atoms with E-state index in [9.17, 15) is 0 Å². The number of anilines is 2. The van der Waals surface area contributed by atoms with Gasteiger partial charge in [-0.2, -0.15) is 4.98 Å². The standard InChI is InChI=1S/C14H23ClN4/c1-4-7-16-14-17-8-12(15)13(18-14)19(10(2)3)9-11-5-6-11/h8,10-11H,4-7,9H2,1-3H3,(H,16,17,18). The normalized spacial score (nSPS) is 14.8. The van der Waals surface area contributed by atoms with Crippen LogP contribution in [0.1, 0.15) is 40.0 Å². The third-order valence-corrected chi connectivity index (χ3v) is 3.57. The highest BCUT2D eigenvalue weighted by atomic mass is 35.5. The van der Waals surface area contributed by atoms with Gasteiger partial charge in [0.1, 0.15) is 5.02 Å². The van der Waals surface area contributed by atoms with Gasteiger partial charge in [0.2, 0.25) is 5.95 Å². The molecule has 0 aliphatic heterocycles. The van der Waals surface area contributed by atoms with Gasteiger partial charge in [-0.3, -0.25) is 0 Å². The van der Waals surface area contributed by atoms with E-state index in [-0.39, 0.29) is 0 Å². The van der Waals surface area contributed by atoms with Crippen molar-refractivity contribution in [2.24, 2.45) is 5.92 Å². The maximum Gasteiger partial charge on any atom is 0.224 e. The summed E-state index contributed by atoms with van der Waals surface area (Å²) in [7, 11) is 0. The molecule has 1 heterocycles. The number of rotatable bonds is 7. The van der Waals surface area contributed by atoms with Crippen molar-refractivity contribution in [1.82, 2.24) is 9.97 Å². The molecule has 0 spiro atoms. The average Bonchev–Trinajstić information content (AvgIpc) is 3.19. The van der Waals surface area contributed by atoms with Crippen LogP contribution >= 0.6 is 11.6 Å². The maximum absolute atomic E-state index is 6.28. The Kier molecular flexibility index (Phi) is 4.86. The van der Waals surface area contributed by atoms with Crippen molar-refractivity contribution in [3.8, 4) is 0 Å². The first-order chi connectivity index (χ1) is 9.11. The minimum atomic E-state index is 0.395. The fourth-order valence-electron chi connectivity index (χ4n) is 2.00. The predicted octanol–water partition coefficient (Wildman–Crippen LogP) is 3.58. The van der Waals surface area contributed by atoms with Crippen LogP contribution in [-0.4, -0.2) is 29.1 Å². The molecule has 0 unspecified atom stereocenters. The first-order valence-electron chi connectivity index (χ1n) is 7.14. The molecule has 5 heteroatoms. The van der Waals surface area contributed by atoms with Crippen LogP contribution in [0.3, 0.4) is 0 Å². The van der Waals surface area contributed by atoms with Gasteiger partial charge in [-0.05, 0) is 39.0 Å². The van der Waals surface area contributed by atoms with E-state index in [1.807, 2.05) is 0 Å². The highest BCUT2D eigenvalue weighted by Crippen LogP contribution is 2.34. The summed E-state index contributed by atoms with van der Waals surface area (Å²) in [6, 6.07) is 0.395. The van der Waals surface area contributed by atoms with Gasteiger partial charge in [0, 0.05) is 19.1 Å². The van der Waals surface area contributed by atoms with Crippen LogP contribution in [0, 0.1) is 5.92 Å². The molecule has 2 rings (SSSR count). The smallest absolute Gasteiger partial charge is 0.224 e. The van der Waals surface area contributed by atoms with E-state index < -0.39 is 0 Å². The van der Waals surface area contributed by atoms with Crippen molar-refractivity contribution >= 4 is 23.4 Å². The summed E-state index contributed by atoms with van der Waals surface area (Å²) in [5, 5.41) is 3.85. The van der Waals surface area contributed by atoms with Crippen LogP contribution in [-0.2, 0) is 0 Å². The third kappa shape index (κ3) is 3.96. The third-order valence-electron chi connectivity index (χ3n) is 3.31. The summed E-state index contributed by atoms with van der Waals surface area (Å²) in [5.74, 6) is 2.33. The van der Waals surface area contributed by atoms with Crippen LogP contribution in [0.2, 0.25) is 5.02 Å². The second-order valence-corrected chi connectivity index (χ2v) is 5.89. The average molecular weight is 283 g/mol. The molecule has 1 N–H and O–H groups in total. The number of halogens is 1. The number of aromatic nitrogens is 2. The molecule has 0 bridgehead atoms. The lowest BCUT2D eigenvalue weighted by Gasteiger charge is -2.28. The Morgan fingerprint density at radius 3 is 2.79 bits per heavy atom. The number of hydrogen-bond donors (Lipinski definition) is 1. The molecule has 1 fully saturated rings. The van der Waals surface area contributed by atoms with Crippen LogP contribution in [0.15, 0.2) is 6.20 Å². The molecule has 4 nitrogen and oxygen atoms in total. The van der Waals surface area contributed by atoms with Gasteiger partial charge >= 0.3 is 0 Å². The summed E-state index contributed by atoms with van der Waals surface area (Å²) < 4.78 is 0. The van der Waals surface area contributed by atoms with Gasteiger partial charge in [0.15, 0.2) is 5.82 Å². The zero-order valence-electron chi connectivity index (χ0n) is 12.0. The first-order valence-corrected chi connectivity index (χ1v) is 7.52. The maximum atomic E-state index is 6.28. The Balaban J connectivity index is 2.18. The Labute approximate surface area is 120 Å². The lowest BCUT2D eigenvalue weighted by atomic mass is 10.2. The summed E-state index contributed by atoms with van der Waals surface area (Å²) in [4.78, 5) is 11.1. The Morgan fingerprint density at radius 1 is 1.47 bits per heavy atom. The zero-order valence-corrected chi connectivity index (χ0v) is 12.7. The molecular weight excluding hydrogens is 260 g/mol. The summed E-state index contributed by atoms with van der Waals surface area (Å²) in [6.45, 7) is 8.41. The highest BCUT2D eigenvalue weighted by Gasteiger charge is 2.27. The molecule has 1 aromatic rings. The van der Waals surface area contributed by atoms with E-state index in [2.05, 4.69) is 41.0 Å². The van der Waals surface area contributed by atoms with E-state index in [0.717, 1.165) is 31.2 Å². The Hall–Kier alpha value is -1.03. The largest absolute Gasteiger partial charge is 0.354 e. The summed E-state index contributed by atoms with van der Waals surface area (Å²) in [5.41, 5.74) is 0.